The molecule has 0 unspecified atom stereocenters. The zero-order valence-electron chi connectivity index (χ0n) is 15.2. The number of carbonyl (C=O) groups is 1. The standard InChI is InChI=1S/C22H21NO3/c1-15-6-4-8-17(12-15)20-13-18(9-10-19(20)22(24)25-3)26-14-21-16(2)7-5-11-23-21/h4-13H,14H2,1-3H3. The third kappa shape index (κ3) is 3.91. The number of aromatic nitrogens is 1. The predicted molar refractivity (Wildman–Crippen MR) is 101 cm³/mol. The van der Waals surface area contributed by atoms with Crippen LogP contribution < -0.4 is 4.74 Å². The van der Waals surface area contributed by atoms with Crippen LogP contribution in [-0.4, -0.2) is 18.1 Å². The van der Waals surface area contributed by atoms with Crippen molar-refractivity contribution in [3.63, 3.8) is 0 Å². The molecule has 0 spiro atoms. The zero-order valence-corrected chi connectivity index (χ0v) is 15.2. The molecule has 0 aliphatic rings. The van der Waals surface area contributed by atoms with E-state index in [1.165, 1.54) is 7.11 Å². The number of rotatable bonds is 5. The summed E-state index contributed by atoms with van der Waals surface area (Å²) in [6, 6.07) is 17.3. The molecule has 4 nitrogen and oxygen atoms in total. The Hall–Kier alpha value is -3.14. The van der Waals surface area contributed by atoms with Gasteiger partial charge in [0.1, 0.15) is 12.4 Å². The highest BCUT2D eigenvalue weighted by Crippen LogP contribution is 2.29. The quantitative estimate of drug-likeness (QED) is 0.626. The number of ether oxygens (including phenoxy) is 2. The van der Waals surface area contributed by atoms with E-state index in [4.69, 9.17) is 9.47 Å². The summed E-state index contributed by atoms with van der Waals surface area (Å²) in [6.45, 7) is 4.40. The van der Waals surface area contributed by atoms with Crippen LogP contribution in [0.4, 0.5) is 0 Å². The van der Waals surface area contributed by atoms with Crippen molar-refractivity contribution in [3.05, 3.63) is 83.2 Å². The summed E-state index contributed by atoms with van der Waals surface area (Å²) in [5, 5.41) is 0. The SMILES string of the molecule is COC(=O)c1ccc(OCc2ncccc2C)cc1-c1cccc(C)c1. The maximum Gasteiger partial charge on any atom is 0.338 e. The average molecular weight is 347 g/mol. The Morgan fingerprint density at radius 3 is 2.62 bits per heavy atom. The third-order valence-corrected chi connectivity index (χ3v) is 4.22. The molecule has 0 atom stereocenters. The number of nitrogens with zero attached hydrogens (tertiary/aromatic N) is 1. The van der Waals surface area contributed by atoms with Crippen LogP contribution in [0.15, 0.2) is 60.8 Å². The number of pyridine rings is 1. The summed E-state index contributed by atoms with van der Waals surface area (Å²) in [5.74, 6) is 0.313. The summed E-state index contributed by atoms with van der Waals surface area (Å²) in [5.41, 5.74) is 5.34. The Kier molecular flexibility index (Phi) is 5.32. The van der Waals surface area contributed by atoms with Crippen LogP contribution in [-0.2, 0) is 11.3 Å². The monoisotopic (exact) mass is 347 g/mol. The molecule has 3 aromatic rings. The van der Waals surface area contributed by atoms with Crippen molar-refractivity contribution in [1.82, 2.24) is 4.98 Å². The first-order valence-electron chi connectivity index (χ1n) is 8.41. The molecule has 0 fully saturated rings. The maximum atomic E-state index is 12.2. The molecular weight excluding hydrogens is 326 g/mol. The van der Waals surface area contributed by atoms with E-state index < -0.39 is 0 Å². The molecule has 0 aliphatic heterocycles. The van der Waals surface area contributed by atoms with Gasteiger partial charge in [0.15, 0.2) is 0 Å². The van der Waals surface area contributed by atoms with Crippen LogP contribution >= 0.6 is 0 Å². The highest BCUT2D eigenvalue weighted by atomic mass is 16.5. The second kappa shape index (κ2) is 7.83. The van der Waals surface area contributed by atoms with Crippen molar-refractivity contribution >= 4 is 5.97 Å². The maximum absolute atomic E-state index is 12.2. The molecule has 3 rings (SSSR count). The summed E-state index contributed by atoms with van der Waals surface area (Å²) < 4.78 is 10.8. The number of carbonyl (C=O) groups excluding carboxylic acids is 1. The van der Waals surface area contributed by atoms with Crippen molar-refractivity contribution in [3.8, 4) is 16.9 Å². The van der Waals surface area contributed by atoms with E-state index in [0.717, 1.165) is 27.9 Å². The summed E-state index contributed by atoms with van der Waals surface area (Å²) in [7, 11) is 1.39. The van der Waals surface area contributed by atoms with E-state index in [1.807, 2.05) is 56.3 Å². The van der Waals surface area contributed by atoms with Crippen LogP contribution in [0.5, 0.6) is 5.75 Å². The topological polar surface area (TPSA) is 48.4 Å². The van der Waals surface area contributed by atoms with Gasteiger partial charge in [-0.15, -0.1) is 0 Å². The van der Waals surface area contributed by atoms with Crippen molar-refractivity contribution in [2.75, 3.05) is 7.11 Å². The molecule has 4 heteroatoms. The minimum Gasteiger partial charge on any atom is -0.487 e. The molecule has 0 saturated carbocycles. The number of methoxy groups -OCH3 is 1. The van der Waals surface area contributed by atoms with Gasteiger partial charge in [-0.25, -0.2) is 4.79 Å². The highest BCUT2D eigenvalue weighted by Gasteiger charge is 2.15. The molecular formula is C22H21NO3. The fraction of sp³-hybridized carbons (Fsp3) is 0.182. The van der Waals surface area contributed by atoms with E-state index >= 15 is 0 Å². The van der Waals surface area contributed by atoms with E-state index in [-0.39, 0.29) is 5.97 Å². The van der Waals surface area contributed by atoms with Gasteiger partial charge in [-0.2, -0.15) is 0 Å². The summed E-state index contributed by atoms with van der Waals surface area (Å²) >= 11 is 0. The third-order valence-electron chi connectivity index (χ3n) is 4.22. The van der Waals surface area contributed by atoms with Crippen LogP contribution in [0.1, 0.15) is 27.2 Å². The minimum atomic E-state index is -0.367. The lowest BCUT2D eigenvalue weighted by molar-refractivity contribution is 0.0601. The summed E-state index contributed by atoms with van der Waals surface area (Å²) in [6.07, 6.45) is 1.75. The first kappa shape index (κ1) is 17.7. The molecule has 0 bridgehead atoms. The van der Waals surface area contributed by atoms with Gasteiger partial charge in [0.25, 0.3) is 0 Å². The molecule has 132 valence electrons. The molecule has 0 aliphatic carbocycles. The smallest absolute Gasteiger partial charge is 0.338 e. The molecule has 0 radical (unpaired) electrons. The zero-order chi connectivity index (χ0) is 18.5. The van der Waals surface area contributed by atoms with Gasteiger partial charge in [0, 0.05) is 6.20 Å². The lowest BCUT2D eigenvalue weighted by Gasteiger charge is -2.13. The van der Waals surface area contributed by atoms with Gasteiger partial charge < -0.3 is 9.47 Å². The molecule has 0 amide bonds. The fourth-order valence-corrected chi connectivity index (χ4v) is 2.77. The molecule has 1 heterocycles. The predicted octanol–water partition coefficient (Wildman–Crippen LogP) is 4.73. The first-order valence-corrected chi connectivity index (χ1v) is 8.41. The Balaban J connectivity index is 1.94. The van der Waals surface area contributed by atoms with Gasteiger partial charge >= 0.3 is 5.97 Å². The van der Waals surface area contributed by atoms with Gasteiger partial charge in [-0.3, -0.25) is 4.98 Å². The van der Waals surface area contributed by atoms with E-state index in [1.54, 1.807) is 18.3 Å². The van der Waals surface area contributed by atoms with E-state index in [9.17, 15) is 4.79 Å². The van der Waals surface area contributed by atoms with Crippen LogP contribution in [0.3, 0.4) is 0 Å². The van der Waals surface area contributed by atoms with Gasteiger partial charge in [0.05, 0.1) is 18.4 Å². The fourth-order valence-electron chi connectivity index (χ4n) is 2.77. The molecule has 0 saturated heterocycles. The van der Waals surface area contributed by atoms with Crippen molar-refractivity contribution in [2.45, 2.75) is 20.5 Å². The van der Waals surface area contributed by atoms with Crippen molar-refractivity contribution in [1.29, 1.82) is 0 Å². The van der Waals surface area contributed by atoms with Crippen molar-refractivity contribution in [2.24, 2.45) is 0 Å². The molecule has 26 heavy (non-hydrogen) atoms. The number of hydrogen-bond acceptors (Lipinski definition) is 4. The molecule has 0 N–H and O–H groups in total. The van der Waals surface area contributed by atoms with Crippen molar-refractivity contribution < 1.29 is 14.3 Å². The Bertz CT molecular complexity index is 934. The number of hydrogen-bond donors (Lipinski definition) is 0. The molecule has 1 aromatic heterocycles. The number of esters is 1. The van der Waals surface area contributed by atoms with Crippen LogP contribution in [0.2, 0.25) is 0 Å². The number of aryl methyl sites for hydroxylation is 2. The minimum absolute atomic E-state index is 0.367. The Labute approximate surface area is 153 Å². The van der Waals surface area contributed by atoms with Gasteiger partial charge in [-0.1, -0.05) is 35.9 Å². The van der Waals surface area contributed by atoms with Crippen LogP contribution in [0, 0.1) is 13.8 Å². The number of benzene rings is 2. The average Bonchev–Trinajstić information content (AvgIpc) is 2.66. The Morgan fingerprint density at radius 1 is 1.04 bits per heavy atom. The first-order chi connectivity index (χ1) is 12.6. The summed E-state index contributed by atoms with van der Waals surface area (Å²) in [4.78, 5) is 16.5. The second-order valence-electron chi connectivity index (χ2n) is 6.12. The van der Waals surface area contributed by atoms with Gasteiger partial charge in [-0.05, 0) is 54.8 Å². The van der Waals surface area contributed by atoms with E-state index in [0.29, 0.717) is 17.9 Å². The highest BCUT2D eigenvalue weighted by molar-refractivity contribution is 5.97. The lowest BCUT2D eigenvalue weighted by atomic mass is 9.98. The van der Waals surface area contributed by atoms with Crippen LogP contribution in [0.25, 0.3) is 11.1 Å². The lowest BCUT2D eigenvalue weighted by Crippen LogP contribution is -2.05. The largest absolute Gasteiger partial charge is 0.487 e. The van der Waals surface area contributed by atoms with Gasteiger partial charge in [0.2, 0.25) is 0 Å². The molecule has 2 aromatic carbocycles. The Morgan fingerprint density at radius 2 is 1.88 bits per heavy atom. The second-order valence-corrected chi connectivity index (χ2v) is 6.12. The normalized spacial score (nSPS) is 10.4. The van der Waals surface area contributed by atoms with E-state index in [2.05, 4.69) is 4.98 Å².